The van der Waals surface area contributed by atoms with Gasteiger partial charge in [0.25, 0.3) is 11.4 Å². The Morgan fingerprint density at radius 1 is 1.00 bits per heavy atom. The van der Waals surface area contributed by atoms with Crippen molar-refractivity contribution in [1.29, 1.82) is 0 Å². The lowest BCUT2D eigenvalue weighted by molar-refractivity contribution is -0.385. The molecular weight excluding hydrogens is 320 g/mol. The highest BCUT2D eigenvalue weighted by atomic mass is 16.6. The summed E-state index contributed by atoms with van der Waals surface area (Å²) in [4.78, 5) is 32.3. The lowest BCUT2D eigenvalue weighted by Gasteiger charge is -2.06. The first-order valence-corrected chi connectivity index (χ1v) is 6.49. The largest absolute Gasteiger partial charge is 0.410 e. The van der Waals surface area contributed by atoms with Crippen molar-refractivity contribution in [3.8, 4) is 11.1 Å². The van der Waals surface area contributed by atoms with Crippen LogP contribution >= 0.6 is 0 Å². The van der Waals surface area contributed by atoms with E-state index < -0.39 is 21.4 Å². The minimum atomic E-state index is -0.904. The van der Waals surface area contributed by atoms with Crippen molar-refractivity contribution in [3.05, 3.63) is 67.3 Å². The third-order valence-electron chi connectivity index (χ3n) is 3.69. The van der Waals surface area contributed by atoms with Gasteiger partial charge < -0.3 is 10.9 Å². The molecule has 2 aromatic carbocycles. The van der Waals surface area contributed by atoms with Crippen molar-refractivity contribution < 1.29 is 19.8 Å². The van der Waals surface area contributed by atoms with Gasteiger partial charge in [0.05, 0.1) is 15.4 Å². The molecule has 24 heavy (non-hydrogen) atoms. The Morgan fingerprint density at radius 3 is 2.17 bits per heavy atom. The highest BCUT2D eigenvalue weighted by Crippen LogP contribution is 2.42. The predicted octanol–water partition coefficient (Wildman–Crippen LogP) is 1.81. The van der Waals surface area contributed by atoms with Crippen LogP contribution in [0.4, 0.5) is 11.4 Å². The number of nitro benzene ring substituents is 2. The van der Waals surface area contributed by atoms with E-state index in [0.717, 1.165) is 12.1 Å². The number of benzene rings is 2. The van der Waals surface area contributed by atoms with E-state index >= 15 is 0 Å². The molecule has 1 aliphatic rings. The first-order chi connectivity index (χ1) is 11.3. The van der Waals surface area contributed by atoms with Crippen molar-refractivity contribution in [2.45, 2.75) is 0 Å². The van der Waals surface area contributed by atoms with Crippen molar-refractivity contribution in [1.82, 2.24) is 0 Å². The van der Waals surface area contributed by atoms with Gasteiger partial charge >= 0.3 is 0 Å². The van der Waals surface area contributed by atoms with Gasteiger partial charge in [-0.2, -0.15) is 0 Å². The number of nitrogens with two attached hydrogens (primary N) is 1. The number of carbonyl (C=O) groups excluding carboxylic acids is 1. The molecule has 0 spiro atoms. The number of oxime groups is 1. The Hall–Kier alpha value is -3.82. The van der Waals surface area contributed by atoms with Gasteiger partial charge in [0, 0.05) is 41.0 Å². The summed E-state index contributed by atoms with van der Waals surface area (Å²) >= 11 is 0. The van der Waals surface area contributed by atoms with Crippen LogP contribution in [0.15, 0.2) is 35.5 Å². The number of carbonyl (C=O) groups is 1. The molecule has 0 atom stereocenters. The van der Waals surface area contributed by atoms with E-state index in [0.29, 0.717) is 5.56 Å². The van der Waals surface area contributed by atoms with Crippen LogP contribution in [0.5, 0.6) is 0 Å². The molecule has 0 fully saturated rings. The number of hydrogen-bond donors (Lipinski definition) is 2. The van der Waals surface area contributed by atoms with E-state index in [1.807, 2.05) is 0 Å². The Labute approximate surface area is 133 Å². The maximum atomic E-state index is 11.7. The zero-order valence-electron chi connectivity index (χ0n) is 11.8. The average molecular weight is 328 g/mol. The van der Waals surface area contributed by atoms with E-state index in [9.17, 15) is 30.2 Å². The lowest BCUT2D eigenvalue weighted by Crippen LogP contribution is -2.13. The number of fused-ring (bicyclic) bond motifs is 3. The third kappa shape index (κ3) is 2.05. The molecule has 0 unspecified atom stereocenters. The summed E-state index contributed by atoms with van der Waals surface area (Å²) in [5, 5.41) is 34.3. The molecule has 10 heteroatoms. The molecule has 0 saturated carbocycles. The Morgan fingerprint density at radius 2 is 1.62 bits per heavy atom. The zero-order valence-corrected chi connectivity index (χ0v) is 11.8. The first kappa shape index (κ1) is 15.1. The quantitative estimate of drug-likeness (QED) is 0.423. The summed E-state index contributed by atoms with van der Waals surface area (Å²) in [5.74, 6) is -0.904. The van der Waals surface area contributed by atoms with E-state index in [4.69, 9.17) is 5.73 Å². The van der Waals surface area contributed by atoms with Crippen LogP contribution in [0.1, 0.15) is 21.5 Å². The molecule has 120 valence electrons. The van der Waals surface area contributed by atoms with Crippen LogP contribution in [-0.4, -0.2) is 26.7 Å². The molecular formula is C14H8N4O6. The van der Waals surface area contributed by atoms with Crippen LogP contribution in [0.3, 0.4) is 0 Å². The normalized spacial score (nSPS) is 13.4. The maximum Gasteiger partial charge on any atom is 0.270 e. The van der Waals surface area contributed by atoms with Crippen molar-refractivity contribution in [2.24, 2.45) is 10.9 Å². The summed E-state index contributed by atoms with van der Waals surface area (Å²) in [6.45, 7) is 0. The molecule has 3 rings (SSSR count). The van der Waals surface area contributed by atoms with Gasteiger partial charge in [-0.15, -0.1) is 0 Å². The minimum Gasteiger partial charge on any atom is -0.410 e. The number of primary amides is 1. The fraction of sp³-hybridized carbons (Fsp3) is 0. The van der Waals surface area contributed by atoms with Crippen LogP contribution in [0.2, 0.25) is 0 Å². The summed E-state index contributed by atoms with van der Waals surface area (Å²) < 4.78 is 0. The fourth-order valence-corrected chi connectivity index (χ4v) is 2.72. The van der Waals surface area contributed by atoms with Gasteiger partial charge in [0.1, 0.15) is 5.71 Å². The number of nitro groups is 2. The van der Waals surface area contributed by atoms with Gasteiger partial charge in [0.2, 0.25) is 5.91 Å². The third-order valence-corrected chi connectivity index (χ3v) is 3.69. The molecule has 1 aliphatic carbocycles. The molecule has 0 bridgehead atoms. The minimum absolute atomic E-state index is 0.102. The molecule has 1 amide bonds. The van der Waals surface area contributed by atoms with Gasteiger partial charge in [-0.3, -0.25) is 25.0 Å². The molecule has 0 aliphatic heterocycles. The number of hydrogen-bond acceptors (Lipinski definition) is 7. The van der Waals surface area contributed by atoms with Gasteiger partial charge in [-0.25, -0.2) is 0 Å². The average Bonchev–Trinajstić information content (AvgIpc) is 2.86. The summed E-state index contributed by atoms with van der Waals surface area (Å²) in [5.41, 5.74) is 5.31. The van der Waals surface area contributed by atoms with E-state index in [-0.39, 0.29) is 33.7 Å². The molecule has 2 aromatic rings. The molecule has 0 heterocycles. The number of nitrogens with zero attached hydrogens (tertiary/aromatic N) is 3. The van der Waals surface area contributed by atoms with E-state index in [1.165, 1.54) is 18.2 Å². The number of amides is 1. The molecule has 0 saturated heterocycles. The SMILES string of the molecule is NC(=O)c1cc([N+](=O)[O-])cc2c1-c1ccc([N+](=O)[O-])cc1/C2=N\O. The highest BCUT2D eigenvalue weighted by Gasteiger charge is 2.33. The van der Waals surface area contributed by atoms with E-state index in [1.54, 1.807) is 0 Å². The topological polar surface area (TPSA) is 162 Å². The molecule has 3 N–H and O–H groups in total. The Balaban J connectivity index is 2.39. The second-order valence-corrected chi connectivity index (χ2v) is 4.97. The zero-order chi connectivity index (χ0) is 17.6. The summed E-state index contributed by atoms with van der Waals surface area (Å²) in [6.07, 6.45) is 0. The summed E-state index contributed by atoms with van der Waals surface area (Å²) in [7, 11) is 0. The lowest BCUT2D eigenvalue weighted by atomic mass is 9.98. The Bertz CT molecular complexity index is 966. The van der Waals surface area contributed by atoms with Crippen LogP contribution in [0, 0.1) is 20.2 Å². The smallest absolute Gasteiger partial charge is 0.270 e. The number of rotatable bonds is 3. The van der Waals surface area contributed by atoms with Crippen LogP contribution < -0.4 is 5.73 Å². The van der Waals surface area contributed by atoms with Crippen LogP contribution in [-0.2, 0) is 0 Å². The van der Waals surface area contributed by atoms with Crippen molar-refractivity contribution in [3.63, 3.8) is 0 Å². The standard InChI is InChI=1S/C14H8N4O6/c15-14(19)11-5-7(18(23)24)4-10-12(11)8-2-1-6(17(21)22)3-9(8)13(10)16-20/h1-5,20H,(H2,15,19)/b16-13+. The van der Waals surface area contributed by atoms with Crippen molar-refractivity contribution in [2.75, 3.05) is 0 Å². The van der Waals surface area contributed by atoms with Crippen molar-refractivity contribution >= 4 is 23.0 Å². The molecule has 0 radical (unpaired) electrons. The fourth-order valence-electron chi connectivity index (χ4n) is 2.72. The maximum absolute atomic E-state index is 11.7. The first-order valence-electron chi connectivity index (χ1n) is 6.49. The van der Waals surface area contributed by atoms with Crippen LogP contribution in [0.25, 0.3) is 11.1 Å². The Kier molecular flexibility index (Phi) is 3.22. The predicted molar refractivity (Wildman–Crippen MR) is 81.1 cm³/mol. The molecule has 10 nitrogen and oxygen atoms in total. The van der Waals surface area contributed by atoms with Gasteiger partial charge in [-0.05, 0) is 11.6 Å². The summed E-state index contributed by atoms with van der Waals surface area (Å²) in [6, 6.07) is 5.91. The highest BCUT2D eigenvalue weighted by molar-refractivity contribution is 6.27. The van der Waals surface area contributed by atoms with Gasteiger partial charge in [-0.1, -0.05) is 5.16 Å². The number of non-ortho nitro benzene ring substituents is 2. The second-order valence-electron chi connectivity index (χ2n) is 4.97. The van der Waals surface area contributed by atoms with E-state index in [2.05, 4.69) is 5.16 Å². The second kappa shape index (κ2) is 5.12. The monoisotopic (exact) mass is 328 g/mol. The molecule has 0 aromatic heterocycles. The van der Waals surface area contributed by atoms with Gasteiger partial charge in [0.15, 0.2) is 0 Å².